The van der Waals surface area contributed by atoms with Gasteiger partial charge in [-0.15, -0.1) is 0 Å². The number of nitrogens with one attached hydrogen (secondary N) is 1. The van der Waals surface area contributed by atoms with E-state index in [1.165, 1.54) is 6.07 Å². The van der Waals surface area contributed by atoms with E-state index >= 15 is 0 Å². The van der Waals surface area contributed by atoms with E-state index in [1.807, 2.05) is 0 Å². The Bertz CT molecular complexity index is 1170. The Labute approximate surface area is 188 Å². The van der Waals surface area contributed by atoms with Gasteiger partial charge in [-0.1, -0.05) is 29.3 Å². The Balaban J connectivity index is 1.51. The molecule has 4 aromatic rings. The molecule has 4 rings (SSSR count). The minimum atomic E-state index is 0.00610. The lowest BCUT2D eigenvalue weighted by Gasteiger charge is -2.12. The number of methoxy groups -OCH3 is 1. The molecule has 8 heteroatoms. The number of phenols is 1. The molecule has 0 unspecified atom stereocenters. The minimum absolute atomic E-state index is 0.00610. The molecule has 0 saturated carbocycles. The van der Waals surface area contributed by atoms with E-state index in [-0.39, 0.29) is 12.4 Å². The number of aromatic nitrogens is 2. The van der Waals surface area contributed by atoms with E-state index in [9.17, 15) is 5.11 Å². The fourth-order valence-corrected chi connectivity index (χ4v) is 3.46. The highest BCUT2D eigenvalue weighted by atomic mass is 35.5. The summed E-state index contributed by atoms with van der Waals surface area (Å²) >= 11 is 12.3. The zero-order valence-electron chi connectivity index (χ0n) is 16.4. The number of aromatic amines is 1. The topological polar surface area (TPSA) is 76.6 Å². The van der Waals surface area contributed by atoms with Crippen molar-refractivity contribution in [2.24, 2.45) is 0 Å². The molecule has 1 heterocycles. The van der Waals surface area contributed by atoms with Crippen molar-refractivity contribution in [1.29, 1.82) is 0 Å². The maximum Gasteiger partial charge on any atom is 0.173 e. The van der Waals surface area contributed by atoms with E-state index in [0.717, 1.165) is 5.75 Å². The maximum absolute atomic E-state index is 10.6. The molecule has 6 nitrogen and oxygen atoms in total. The van der Waals surface area contributed by atoms with Gasteiger partial charge in [0.1, 0.15) is 35.3 Å². The number of halogens is 2. The second kappa shape index (κ2) is 9.20. The van der Waals surface area contributed by atoms with Crippen LogP contribution in [-0.2, 0) is 6.61 Å². The van der Waals surface area contributed by atoms with Crippen LogP contribution in [-0.4, -0.2) is 22.4 Å². The SMILES string of the molecule is COc1ccc(Oc2cn[nH]c2-c2ccc(OCc3c(Cl)cccc3Cl)cc2O)cc1. The van der Waals surface area contributed by atoms with Crippen LogP contribution < -0.4 is 14.2 Å². The zero-order chi connectivity index (χ0) is 21.8. The number of phenolic OH excluding ortho intramolecular Hbond substituents is 1. The Hall–Kier alpha value is -3.35. The van der Waals surface area contributed by atoms with Crippen LogP contribution in [0.3, 0.4) is 0 Å². The standard InChI is InChI=1S/C23H18Cl2N2O4/c1-29-14-5-7-15(8-6-14)31-22-12-26-27-23(22)17-10-9-16(11-21(17)28)30-13-18-19(24)3-2-4-20(18)25/h2-12,28H,13H2,1H3,(H,26,27). The normalized spacial score (nSPS) is 10.7. The first-order chi connectivity index (χ1) is 15.0. The predicted molar refractivity (Wildman–Crippen MR) is 120 cm³/mol. The van der Waals surface area contributed by atoms with Crippen molar-refractivity contribution in [3.05, 3.63) is 82.5 Å². The molecular weight excluding hydrogens is 439 g/mol. The van der Waals surface area contributed by atoms with Crippen molar-refractivity contribution < 1.29 is 19.3 Å². The van der Waals surface area contributed by atoms with Crippen LogP contribution in [0.2, 0.25) is 10.0 Å². The van der Waals surface area contributed by atoms with Gasteiger partial charge in [0.2, 0.25) is 0 Å². The van der Waals surface area contributed by atoms with E-state index in [0.29, 0.717) is 44.1 Å². The van der Waals surface area contributed by atoms with Gasteiger partial charge in [-0.25, -0.2) is 0 Å². The quantitative estimate of drug-likeness (QED) is 0.333. The number of rotatable bonds is 7. The Morgan fingerprint density at radius 2 is 1.61 bits per heavy atom. The largest absolute Gasteiger partial charge is 0.507 e. The van der Waals surface area contributed by atoms with Crippen LogP contribution in [0.15, 0.2) is 66.9 Å². The fourth-order valence-electron chi connectivity index (χ4n) is 2.95. The van der Waals surface area contributed by atoms with Gasteiger partial charge in [-0.2, -0.15) is 5.10 Å². The average Bonchev–Trinajstić information content (AvgIpc) is 3.22. The van der Waals surface area contributed by atoms with Crippen molar-refractivity contribution in [3.63, 3.8) is 0 Å². The third kappa shape index (κ3) is 4.71. The monoisotopic (exact) mass is 456 g/mol. The number of aromatic hydroxyl groups is 1. The Kier molecular flexibility index (Phi) is 6.21. The summed E-state index contributed by atoms with van der Waals surface area (Å²) in [6.07, 6.45) is 1.54. The molecule has 0 fully saturated rings. The molecule has 31 heavy (non-hydrogen) atoms. The van der Waals surface area contributed by atoms with Gasteiger partial charge < -0.3 is 19.3 Å². The maximum atomic E-state index is 10.6. The van der Waals surface area contributed by atoms with Gasteiger partial charge in [0.05, 0.1) is 13.3 Å². The van der Waals surface area contributed by atoms with Crippen LogP contribution in [0.25, 0.3) is 11.3 Å². The van der Waals surface area contributed by atoms with E-state index in [4.69, 9.17) is 37.4 Å². The summed E-state index contributed by atoms with van der Waals surface area (Å²) in [5, 5.41) is 18.5. The molecule has 0 radical (unpaired) electrons. The van der Waals surface area contributed by atoms with Crippen molar-refractivity contribution in [3.8, 4) is 40.0 Å². The van der Waals surface area contributed by atoms with Crippen LogP contribution in [0, 0.1) is 0 Å². The van der Waals surface area contributed by atoms with Crippen LogP contribution in [0.1, 0.15) is 5.56 Å². The molecule has 3 aromatic carbocycles. The van der Waals surface area contributed by atoms with Gasteiger partial charge in [0.25, 0.3) is 0 Å². The molecule has 0 atom stereocenters. The van der Waals surface area contributed by atoms with Crippen molar-refractivity contribution in [1.82, 2.24) is 10.2 Å². The van der Waals surface area contributed by atoms with Crippen LogP contribution in [0.4, 0.5) is 0 Å². The summed E-state index contributed by atoms with van der Waals surface area (Å²) in [6.45, 7) is 0.174. The van der Waals surface area contributed by atoms with E-state index in [2.05, 4.69) is 10.2 Å². The van der Waals surface area contributed by atoms with Gasteiger partial charge in [0, 0.05) is 27.2 Å². The number of benzene rings is 3. The highest BCUT2D eigenvalue weighted by Gasteiger charge is 2.15. The highest BCUT2D eigenvalue weighted by Crippen LogP contribution is 2.38. The molecule has 0 saturated heterocycles. The summed E-state index contributed by atoms with van der Waals surface area (Å²) in [5.74, 6) is 2.28. The molecule has 0 aliphatic carbocycles. The van der Waals surface area contributed by atoms with Gasteiger partial charge >= 0.3 is 0 Å². The summed E-state index contributed by atoms with van der Waals surface area (Å²) in [4.78, 5) is 0. The molecule has 158 valence electrons. The second-order valence-corrected chi connectivity index (χ2v) is 7.37. The predicted octanol–water partition coefficient (Wildman–Crippen LogP) is 6.47. The molecule has 0 amide bonds. The fraction of sp³-hybridized carbons (Fsp3) is 0.0870. The highest BCUT2D eigenvalue weighted by molar-refractivity contribution is 6.35. The molecule has 1 aromatic heterocycles. The third-order valence-electron chi connectivity index (χ3n) is 4.58. The molecule has 0 aliphatic heterocycles. The van der Waals surface area contributed by atoms with Crippen molar-refractivity contribution in [2.45, 2.75) is 6.61 Å². The third-order valence-corrected chi connectivity index (χ3v) is 5.28. The average molecular weight is 457 g/mol. The van der Waals surface area contributed by atoms with Crippen molar-refractivity contribution in [2.75, 3.05) is 7.11 Å². The summed E-state index contributed by atoms with van der Waals surface area (Å²) in [6, 6.07) is 17.4. The lowest BCUT2D eigenvalue weighted by molar-refractivity contribution is 0.304. The number of nitrogens with zero attached hydrogens (tertiary/aromatic N) is 1. The first-order valence-electron chi connectivity index (χ1n) is 9.29. The van der Waals surface area contributed by atoms with Crippen LogP contribution >= 0.6 is 23.2 Å². The van der Waals surface area contributed by atoms with Crippen LogP contribution in [0.5, 0.6) is 28.7 Å². The summed E-state index contributed by atoms with van der Waals surface area (Å²) in [7, 11) is 1.60. The lowest BCUT2D eigenvalue weighted by atomic mass is 10.1. The number of H-pyrrole nitrogens is 1. The first kappa shape index (κ1) is 20.9. The Morgan fingerprint density at radius 1 is 0.935 bits per heavy atom. The molecular formula is C23H18Cl2N2O4. The van der Waals surface area contributed by atoms with Gasteiger partial charge in [-0.3, -0.25) is 5.10 Å². The lowest BCUT2D eigenvalue weighted by Crippen LogP contribution is -1.97. The molecule has 0 spiro atoms. The zero-order valence-corrected chi connectivity index (χ0v) is 17.9. The number of hydrogen-bond acceptors (Lipinski definition) is 5. The van der Waals surface area contributed by atoms with E-state index in [1.54, 1.807) is 67.9 Å². The summed E-state index contributed by atoms with van der Waals surface area (Å²) < 4.78 is 16.8. The molecule has 2 N–H and O–H groups in total. The number of ether oxygens (including phenoxy) is 3. The van der Waals surface area contributed by atoms with Gasteiger partial charge in [0.15, 0.2) is 5.75 Å². The summed E-state index contributed by atoms with van der Waals surface area (Å²) in [5.41, 5.74) is 1.73. The second-order valence-electron chi connectivity index (χ2n) is 6.55. The minimum Gasteiger partial charge on any atom is -0.507 e. The Morgan fingerprint density at radius 3 is 2.29 bits per heavy atom. The smallest absolute Gasteiger partial charge is 0.173 e. The first-order valence-corrected chi connectivity index (χ1v) is 10.0. The van der Waals surface area contributed by atoms with E-state index < -0.39 is 0 Å². The number of hydrogen-bond donors (Lipinski definition) is 2. The van der Waals surface area contributed by atoms with Crippen molar-refractivity contribution >= 4 is 23.2 Å². The molecule has 0 aliphatic rings. The molecule has 0 bridgehead atoms. The van der Waals surface area contributed by atoms with Gasteiger partial charge in [-0.05, 0) is 48.5 Å².